The fourth-order valence-corrected chi connectivity index (χ4v) is 5.59. The number of benzene rings is 2. The molecule has 0 radical (unpaired) electrons. The number of hydrogen-bond donors (Lipinski definition) is 2. The van der Waals surface area contributed by atoms with E-state index in [9.17, 15) is 9.00 Å². The molecule has 2 N–H and O–H groups in total. The van der Waals surface area contributed by atoms with E-state index >= 15 is 0 Å². The van der Waals surface area contributed by atoms with Crippen LogP contribution in [0.3, 0.4) is 0 Å². The summed E-state index contributed by atoms with van der Waals surface area (Å²) in [6, 6.07) is 6.85. The third kappa shape index (κ3) is 3.60. The SMILES string of the molecule is Cc1ccc(S(=O)(=NC#N)NC(=O)Nc2c3c(cc4c2CCC4)CCC3)cc1C. The number of nitrogens with one attached hydrogen (secondary N) is 2. The number of aryl methyl sites for hydroxylation is 4. The average Bonchev–Trinajstić information content (AvgIpc) is 3.33. The van der Waals surface area contributed by atoms with Crippen LogP contribution in [0.25, 0.3) is 0 Å². The summed E-state index contributed by atoms with van der Waals surface area (Å²) in [7, 11) is -3.40. The van der Waals surface area contributed by atoms with Crippen LogP contribution in [0.4, 0.5) is 10.5 Å². The van der Waals surface area contributed by atoms with Crippen molar-refractivity contribution in [3.8, 4) is 6.19 Å². The van der Waals surface area contributed by atoms with Gasteiger partial charge >= 0.3 is 6.03 Å². The minimum atomic E-state index is -3.40. The molecule has 2 aromatic rings. The molecule has 7 heteroatoms. The first-order valence-electron chi connectivity index (χ1n) is 9.89. The van der Waals surface area contributed by atoms with Gasteiger partial charge in [0.05, 0.1) is 4.90 Å². The van der Waals surface area contributed by atoms with Crippen molar-refractivity contribution in [1.29, 1.82) is 5.26 Å². The molecule has 0 saturated heterocycles. The number of nitrogens with zero attached hydrogens (tertiary/aromatic N) is 2. The number of anilines is 1. The highest BCUT2D eigenvalue weighted by atomic mass is 32.2. The van der Waals surface area contributed by atoms with Gasteiger partial charge in [0.1, 0.15) is 0 Å². The minimum Gasteiger partial charge on any atom is -0.307 e. The number of fused-ring (bicyclic) bond motifs is 2. The Balaban J connectivity index is 1.66. The quantitative estimate of drug-likeness (QED) is 0.740. The molecule has 6 nitrogen and oxygen atoms in total. The van der Waals surface area contributed by atoms with Gasteiger partial charge in [0.25, 0.3) is 0 Å². The molecule has 1 unspecified atom stereocenters. The van der Waals surface area contributed by atoms with Gasteiger partial charge in [0.15, 0.2) is 9.92 Å². The zero-order valence-corrected chi connectivity index (χ0v) is 17.5. The average molecular weight is 409 g/mol. The summed E-state index contributed by atoms with van der Waals surface area (Å²) in [6.07, 6.45) is 7.70. The van der Waals surface area contributed by atoms with E-state index in [0.717, 1.165) is 55.3 Å². The van der Waals surface area contributed by atoms with Crippen molar-refractivity contribution in [3.63, 3.8) is 0 Å². The van der Waals surface area contributed by atoms with E-state index in [-0.39, 0.29) is 0 Å². The number of hydrogen-bond acceptors (Lipinski definition) is 4. The van der Waals surface area contributed by atoms with Gasteiger partial charge in [-0.3, -0.25) is 0 Å². The molecule has 0 saturated carbocycles. The predicted molar refractivity (Wildman–Crippen MR) is 113 cm³/mol. The van der Waals surface area contributed by atoms with Crippen LogP contribution in [0.15, 0.2) is 33.5 Å². The highest BCUT2D eigenvalue weighted by Crippen LogP contribution is 2.38. The van der Waals surface area contributed by atoms with Crippen molar-refractivity contribution in [1.82, 2.24) is 4.72 Å². The van der Waals surface area contributed by atoms with Crippen molar-refractivity contribution in [3.05, 3.63) is 57.6 Å². The van der Waals surface area contributed by atoms with Gasteiger partial charge in [-0.15, -0.1) is 0 Å². The maximum atomic E-state index is 13.4. The van der Waals surface area contributed by atoms with Crippen LogP contribution in [-0.4, -0.2) is 10.2 Å². The van der Waals surface area contributed by atoms with Crippen molar-refractivity contribution >= 4 is 21.6 Å². The van der Waals surface area contributed by atoms with E-state index in [1.807, 2.05) is 19.9 Å². The largest absolute Gasteiger partial charge is 0.331 e. The smallest absolute Gasteiger partial charge is 0.307 e. The lowest BCUT2D eigenvalue weighted by Gasteiger charge is -2.18. The molecule has 29 heavy (non-hydrogen) atoms. The Hall–Kier alpha value is -2.85. The summed E-state index contributed by atoms with van der Waals surface area (Å²) >= 11 is 0. The van der Waals surface area contributed by atoms with Gasteiger partial charge in [0.2, 0.25) is 6.19 Å². The third-order valence-corrected chi connectivity index (χ3v) is 7.60. The van der Waals surface area contributed by atoms with Crippen molar-refractivity contribution in [2.24, 2.45) is 4.36 Å². The van der Waals surface area contributed by atoms with Crippen LogP contribution in [0.5, 0.6) is 0 Å². The Bertz CT molecular complexity index is 1140. The zero-order chi connectivity index (χ0) is 20.6. The van der Waals surface area contributed by atoms with E-state index in [1.165, 1.54) is 22.3 Å². The molecule has 2 amide bonds. The maximum Gasteiger partial charge on any atom is 0.331 e. The van der Waals surface area contributed by atoms with Gasteiger partial charge in [0, 0.05) is 5.69 Å². The van der Waals surface area contributed by atoms with Crippen molar-refractivity contribution in [2.45, 2.75) is 57.3 Å². The Labute approximate surface area is 171 Å². The Morgan fingerprint density at radius 1 is 1.03 bits per heavy atom. The summed E-state index contributed by atoms with van der Waals surface area (Å²) in [5.41, 5.74) is 7.81. The monoisotopic (exact) mass is 408 g/mol. The molecule has 0 aliphatic heterocycles. The summed E-state index contributed by atoms with van der Waals surface area (Å²) in [4.78, 5) is 13.2. The van der Waals surface area contributed by atoms with Crippen LogP contribution >= 0.6 is 0 Å². The summed E-state index contributed by atoms with van der Waals surface area (Å²) < 4.78 is 19.4. The molecule has 0 bridgehead atoms. The van der Waals surface area contributed by atoms with Crippen LogP contribution < -0.4 is 10.0 Å². The van der Waals surface area contributed by atoms with Gasteiger partial charge < -0.3 is 5.32 Å². The van der Waals surface area contributed by atoms with E-state index in [4.69, 9.17) is 5.26 Å². The van der Waals surface area contributed by atoms with Gasteiger partial charge in [-0.2, -0.15) is 5.26 Å². The molecular weight excluding hydrogens is 384 g/mol. The summed E-state index contributed by atoms with van der Waals surface area (Å²) in [5.74, 6) is 0. The fourth-order valence-electron chi connectivity index (χ4n) is 4.31. The van der Waals surface area contributed by atoms with Crippen LogP contribution in [0, 0.1) is 25.3 Å². The lowest BCUT2D eigenvalue weighted by molar-refractivity contribution is 0.256. The zero-order valence-electron chi connectivity index (χ0n) is 16.7. The maximum absolute atomic E-state index is 13.4. The summed E-state index contributed by atoms with van der Waals surface area (Å²) in [5, 5.41) is 12.0. The molecule has 2 aromatic carbocycles. The van der Waals surface area contributed by atoms with E-state index < -0.39 is 15.9 Å². The van der Waals surface area contributed by atoms with Crippen LogP contribution in [0.2, 0.25) is 0 Å². The van der Waals surface area contributed by atoms with Crippen LogP contribution in [-0.2, 0) is 35.6 Å². The van der Waals surface area contributed by atoms with E-state index in [0.29, 0.717) is 4.90 Å². The number of amides is 2. The lowest BCUT2D eigenvalue weighted by Crippen LogP contribution is -2.34. The predicted octanol–water partition coefficient (Wildman–Crippen LogP) is 4.33. The second-order valence-corrected chi connectivity index (χ2v) is 9.66. The first-order chi connectivity index (χ1) is 13.9. The van der Waals surface area contributed by atoms with Gasteiger partial charge in [-0.1, -0.05) is 16.5 Å². The Morgan fingerprint density at radius 2 is 1.69 bits per heavy atom. The molecule has 0 spiro atoms. The molecule has 2 aliphatic carbocycles. The third-order valence-electron chi connectivity index (χ3n) is 5.91. The lowest BCUT2D eigenvalue weighted by atomic mass is 9.99. The minimum absolute atomic E-state index is 0.320. The highest BCUT2D eigenvalue weighted by molar-refractivity contribution is 7.92. The van der Waals surface area contributed by atoms with Crippen LogP contribution in [0.1, 0.15) is 46.2 Å². The number of nitriles is 1. The fraction of sp³-hybridized carbons (Fsp3) is 0.364. The Morgan fingerprint density at radius 3 is 2.28 bits per heavy atom. The molecule has 0 heterocycles. The van der Waals surface area contributed by atoms with Crippen molar-refractivity contribution < 1.29 is 9.00 Å². The van der Waals surface area contributed by atoms with Crippen molar-refractivity contribution in [2.75, 3.05) is 5.32 Å². The highest BCUT2D eigenvalue weighted by Gasteiger charge is 2.26. The number of urea groups is 1. The number of carbonyl (C=O) groups is 1. The van der Waals surface area contributed by atoms with E-state index in [1.54, 1.807) is 18.3 Å². The van der Waals surface area contributed by atoms with Gasteiger partial charge in [-0.05, 0) is 97.9 Å². The molecule has 4 rings (SSSR count). The molecular formula is C22H24N4O2S. The molecule has 1 atom stereocenters. The molecule has 0 aromatic heterocycles. The number of rotatable bonds is 3. The molecule has 150 valence electrons. The first-order valence-corrected chi connectivity index (χ1v) is 11.4. The Kier molecular flexibility index (Phi) is 5.05. The normalized spacial score (nSPS) is 16.3. The topological polar surface area (TPSA) is 94.3 Å². The standard InChI is InChI=1S/C22H24N4O2S/c1-14-9-10-18(11-15(14)2)29(28,24-13-23)26-22(27)25-21-19-7-3-5-16(19)12-17-6-4-8-20(17)21/h9-12H,3-8H2,1-2H3,(H2,24,25,26,27,28). The molecule has 0 fully saturated rings. The van der Waals surface area contributed by atoms with Gasteiger partial charge in [-0.25, -0.2) is 13.7 Å². The second-order valence-electron chi connectivity index (χ2n) is 7.75. The summed E-state index contributed by atoms with van der Waals surface area (Å²) in [6.45, 7) is 3.83. The number of carbonyl (C=O) groups excluding carboxylic acids is 1. The second kappa shape index (κ2) is 7.53. The molecule has 2 aliphatic rings. The first kappa shape index (κ1) is 19.5. The van der Waals surface area contributed by atoms with E-state index in [2.05, 4.69) is 20.5 Å².